The predicted octanol–water partition coefficient (Wildman–Crippen LogP) is 11.1. The van der Waals surface area contributed by atoms with E-state index in [9.17, 15) is 19.5 Å². The number of benzene rings is 3. The van der Waals surface area contributed by atoms with Crippen LogP contribution in [0, 0.1) is 48.7 Å². The molecule has 93 heavy (non-hydrogen) atoms. The minimum atomic E-state index is -0.835. The zero-order chi connectivity index (χ0) is 65.4. The van der Waals surface area contributed by atoms with Gasteiger partial charge in [-0.3, -0.25) is 24.4 Å². The van der Waals surface area contributed by atoms with Crippen molar-refractivity contribution in [3.8, 4) is 45.8 Å². The number of piperazine rings is 1. The first kappa shape index (κ1) is 65.0. The van der Waals surface area contributed by atoms with Crippen molar-refractivity contribution in [2.24, 2.45) is 17.8 Å². The minimum Gasteiger partial charge on any atom is -0.468 e. The van der Waals surface area contributed by atoms with Gasteiger partial charge in [0.25, 0.3) is 0 Å². The number of nitrogens with one attached hydrogen (secondary N) is 1. The van der Waals surface area contributed by atoms with Gasteiger partial charge in [0.05, 0.1) is 51.3 Å². The number of hydrogen-bond donors (Lipinski definition) is 2. The lowest BCUT2D eigenvalue weighted by molar-refractivity contribution is -0.141. The number of fused-ring (bicyclic) bond motifs is 4. The number of aliphatic hydroxyl groups excluding tert-OH is 1. The standard InChI is InChI=1S/C70H83F2N11O9S/c1-10-52-55(71)18-15-47-30-51(90-39-88-9)32-53(60(47)52)62-61(72)63-54(34-73-62)65(81-35-48-16-17-49(36-81)83(48)69(87)91-70(6,7)8)77-68(76-63)89-28-27-79-23-19-43(20-24-79)29-44-21-25-80(26-22-44)58-33-57(92-78-58)59(40(2)3)67(86)82-37-50(84)31-56(82)66(85)75-41(4)45-11-13-46(14-12-45)64-42(5)74-38-93-64/h1,11-15,18,30,32-34,38,40-41,43-44,48-50,56,59,84H,16-17,19-29,31,35-37,39H2,2-9H3,(H,75,85)/t41-,48-,49+,50+,56-,59+/m0/s1. The number of aliphatic hydroxyl groups is 1. The first-order chi connectivity index (χ1) is 44.7. The number of carbonyl (C=O) groups excluding carboxylic acids is 3. The maximum Gasteiger partial charge on any atom is 0.410 e. The monoisotopic (exact) mass is 1290 g/mol. The molecule has 0 spiro atoms. The summed E-state index contributed by atoms with van der Waals surface area (Å²) in [6, 6.07) is 14.5. The number of hydrogen-bond acceptors (Lipinski definition) is 18. The Balaban J connectivity index is 0.665. The Morgan fingerprint density at radius 2 is 1.61 bits per heavy atom. The molecule has 5 aliphatic heterocycles. The van der Waals surface area contributed by atoms with Crippen LogP contribution >= 0.6 is 11.3 Å². The number of likely N-dealkylation sites (tertiary alicyclic amines) is 2. The summed E-state index contributed by atoms with van der Waals surface area (Å²) >= 11 is 1.59. The number of β-amino-alcohol motifs (C(OH)–C–C–N with tert-alkyl or cyclic N) is 1. The number of amides is 3. The number of piperidine rings is 2. The van der Waals surface area contributed by atoms with Crippen molar-refractivity contribution >= 4 is 62.6 Å². The summed E-state index contributed by atoms with van der Waals surface area (Å²) in [7, 11) is 1.49. The average Bonchev–Trinajstić information content (AvgIpc) is 1.59. The predicted molar refractivity (Wildman–Crippen MR) is 351 cm³/mol. The number of carbonyl (C=O) groups is 3. The number of terminal acetylenes is 1. The summed E-state index contributed by atoms with van der Waals surface area (Å²) in [6.07, 6.45) is 13.1. The highest BCUT2D eigenvalue weighted by Gasteiger charge is 2.46. The third-order valence-corrected chi connectivity index (χ3v) is 20.1. The van der Waals surface area contributed by atoms with Crippen molar-refractivity contribution in [1.29, 1.82) is 0 Å². The van der Waals surface area contributed by atoms with Crippen molar-refractivity contribution < 1.29 is 51.7 Å². The van der Waals surface area contributed by atoms with E-state index in [1.165, 1.54) is 24.3 Å². The lowest BCUT2D eigenvalue weighted by atomic mass is 9.83. The smallest absolute Gasteiger partial charge is 0.410 e. The quantitative estimate of drug-likeness (QED) is 0.0569. The van der Waals surface area contributed by atoms with Gasteiger partial charge in [-0.15, -0.1) is 17.8 Å². The zero-order valence-electron chi connectivity index (χ0n) is 54.2. The minimum absolute atomic E-state index is 0.00565. The SMILES string of the molecule is C#Cc1c(F)ccc2cc(OCOC)cc(-c3ncc4c(N5C[C@H]6CC[C@@H](C5)N6C(=O)OC(C)(C)C)nc(OCCN5CCC(CC6CCN(c7cc([C@H](C(=O)N8C[C@H](O)C[C@H]8C(=O)N[C@@H](C)c8ccc(-c9scnc9C)cc8)C(C)C)on7)CC6)CC5)nc4c3F)c12. The molecule has 4 aromatic heterocycles. The number of methoxy groups -OCH3 is 1. The number of aromatic nitrogens is 5. The maximum atomic E-state index is 17.6. The van der Waals surface area contributed by atoms with Gasteiger partial charge >= 0.3 is 12.1 Å². The largest absolute Gasteiger partial charge is 0.468 e. The zero-order valence-corrected chi connectivity index (χ0v) is 55.0. The summed E-state index contributed by atoms with van der Waals surface area (Å²) < 4.78 is 62.2. The average molecular weight is 1290 g/mol. The molecule has 23 heteroatoms. The van der Waals surface area contributed by atoms with Crippen LogP contribution in [-0.2, 0) is 19.1 Å². The Kier molecular flexibility index (Phi) is 19.2. The van der Waals surface area contributed by atoms with Gasteiger partial charge in [-0.25, -0.2) is 18.6 Å². The second kappa shape index (κ2) is 27.5. The second-order valence-electron chi connectivity index (χ2n) is 27.0. The van der Waals surface area contributed by atoms with Crippen LogP contribution in [0.3, 0.4) is 0 Å². The number of pyridine rings is 1. The fourth-order valence-corrected chi connectivity index (χ4v) is 15.2. The van der Waals surface area contributed by atoms with E-state index in [2.05, 4.69) is 41.1 Å². The molecule has 12 rings (SSSR count). The van der Waals surface area contributed by atoms with Gasteiger partial charge < -0.3 is 48.6 Å². The number of halogens is 2. The fraction of sp³-hybridized carbons (Fsp3) is 0.514. The number of thiazole rings is 1. The van der Waals surface area contributed by atoms with Crippen molar-refractivity contribution in [2.75, 3.05) is 82.7 Å². The van der Waals surface area contributed by atoms with Crippen molar-refractivity contribution in [3.63, 3.8) is 0 Å². The summed E-state index contributed by atoms with van der Waals surface area (Å²) in [5, 5.41) is 19.6. The van der Waals surface area contributed by atoms with Gasteiger partial charge in [0.15, 0.2) is 24.2 Å². The molecule has 5 fully saturated rings. The Morgan fingerprint density at radius 1 is 0.892 bits per heavy atom. The first-order valence-electron chi connectivity index (χ1n) is 32.6. The lowest BCUT2D eigenvalue weighted by Gasteiger charge is -2.42. The molecule has 2 bridgehead atoms. The molecule has 2 N–H and O–H groups in total. The molecular weight excluding hydrogens is 1210 g/mol. The molecule has 20 nitrogen and oxygen atoms in total. The molecule has 7 aromatic rings. The van der Waals surface area contributed by atoms with Crippen LogP contribution in [0.15, 0.2) is 70.8 Å². The first-order valence-corrected chi connectivity index (χ1v) is 33.4. The third kappa shape index (κ3) is 14.0. The summed E-state index contributed by atoms with van der Waals surface area (Å²) in [5.41, 5.74) is 4.15. The Morgan fingerprint density at radius 3 is 2.28 bits per heavy atom. The lowest BCUT2D eigenvalue weighted by Crippen LogP contribution is -2.57. The van der Waals surface area contributed by atoms with Crippen molar-refractivity contribution in [1.82, 2.24) is 45.1 Å². The molecule has 0 unspecified atom stereocenters. The van der Waals surface area contributed by atoms with Gasteiger partial charge in [0.2, 0.25) is 11.8 Å². The van der Waals surface area contributed by atoms with Crippen LogP contribution in [0.5, 0.6) is 11.8 Å². The number of nitrogens with zero attached hydrogens (tertiary/aromatic N) is 10. The highest BCUT2D eigenvalue weighted by Crippen LogP contribution is 2.42. The van der Waals surface area contributed by atoms with Crippen molar-refractivity contribution in [2.45, 2.75) is 142 Å². The molecule has 0 aliphatic carbocycles. The topological polar surface area (TPSA) is 214 Å². The van der Waals surface area contributed by atoms with Crippen LogP contribution in [0.4, 0.5) is 25.2 Å². The molecule has 3 aromatic carbocycles. The molecule has 3 amide bonds. The highest BCUT2D eigenvalue weighted by atomic mass is 32.1. The molecular formula is C70H83F2N11O9S. The van der Waals surface area contributed by atoms with E-state index in [1.54, 1.807) is 29.5 Å². The molecule has 5 aliphatic rings. The van der Waals surface area contributed by atoms with E-state index in [-0.39, 0.29) is 96.7 Å². The van der Waals surface area contributed by atoms with Crippen LogP contribution in [0.1, 0.15) is 127 Å². The molecule has 0 saturated carbocycles. The van der Waals surface area contributed by atoms with Crippen LogP contribution in [-0.4, -0.2) is 166 Å². The normalized spacial score (nSPS) is 20.6. The van der Waals surface area contributed by atoms with Crippen LogP contribution in [0.25, 0.3) is 43.4 Å². The third-order valence-electron chi connectivity index (χ3n) is 19.2. The molecule has 0 radical (unpaired) electrons. The molecule has 9 heterocycles. The van der Waals surface area contributed by atoms with Gasteiger partial charge in [0, 0.05) is 76.0 Å². The van der Waals surface area contributed by atoms with Gasteiger partial charge in [0.1, 0.15) is 52.8 Å². The van der Waals surface area contributed by atoms with Crippen LogP contribution < -0.4 is 24.6 Å². The van der Waals surface area contributed by atoms with E-state index < -0.39 is 35.3 Å². The number of rotatable bonds is 19. The van der Waals surface area contributed by atoms with Gasteiger partial charge in [-0.2, -0.15) is 9.97 Å². The molecule has 6 atom stereocenters. The second-order valence-corrected chi connectivity index (χ2v) is 27.9. The van der Waals surface area contributed by atoms with E-state index in [0.717, 1.165) is 92.8 Å². The Bertz CT molecular complexity index is 3900. The Labute approximate surface area is 545 Å². The van der Waals surface area contributed by atoms with E-state index in [1.807, 2.05) is 89.2 Å². The van der Waals surface area contributed by atoms with E-state index in [4.69, 9.17) is 39.9 Å². The van der Waals surface area contributed by atoms with E-state index in [0.29, 0.717) is 70.8 Å². The summed E-state index contributed by atoms with van der Waals surface area (Å²) in [5.74, 6) is 2.64. The number of anilines is 2. The molecule has 492 valence electrons. The fourth-order valence-electron chi connectivity index (χ4n) is 14.4. The van der Waals surface area contributed by atoms with Crippen LogP contribution in [0.2, 0.25) is 0 Å². The van der Waals surface area contributed by atoms with Crippen molar-refractivity contribution in [3.05, 3.63) is 101 Å². The summed E-state index contributed by atoms with van der Waals surface area (Å²) in [6.45, 7) is 18.4. The number of aryl methyl sites for hydroxylation is 1. The van der Waals surface area contributed by atoms with Gasteiger partial charge in [-0.05, 0) is 145 Å². The van der Waals surface area contributed by atoms with Gasteiger partial charge in [-0.1, -0.05) is 55.3 Å². The molecule has 5 saturated heterocycles. The van der Waals surface area contributed by atoms with E-state index >= 15 is 8.78 Å². The highest BCUT2D eigenvalue weighted by molar-refractivity contribution is 7.13. The number of ether oxygens (including phenoxy) is 4. The Hall–Kier alpha value is -8.04. The summed E-state index contributed by atoms with van der Waals surface area (Å²) in [4.78, 5) is 71.8. The maximum absolute atomic E-state index is 17.6.